The number of aryl methyl sites for hydroxylation is 2. The molecule has 0 aromatic heterocycles. The maximum atomic E-state index is 12.4. The third-order valence-corrected chi connectivity index (χ3v) is 5.05. The van der Waals surface area contributed by atoms with Gasteiger partial charge in [-0.15, -0.1) is 0 Å². The van der Waals surface area contributed by atoms with E-state index in [1.54, 1.807) is 12.1 Å². The number of nitro groups is 1. The van der Waals surface area contributed by atoms with E-state index < -0.39 is 0 Å². The summed E-state index contributed by atoms with van der Waals surface area (Å²) in [6.45, 7) is 7.81. The fraction of sp³-hybridized carbons (Fsp3) is 0.350. The molecule has 0 unspecified atom stereocenters. The Morgan fingerprint density at radius 2 is 1.70 bits per heavy atom. The molecule has 7 nitrogen and oxygen atoms in total. The zero-order valence-corrected chi connectivity index (χ0v) is 15.7. The minimum absolute atomic E-state index is 0.0335. The molecule has 1 aliphatic rings. The van der Waals surface area contributed by atoms with Gasteiger partial charge in [-0.25, -0.2) is 0 Å². The van der Waals surface area contributed by atoms with Gasteiger partial charge in [0.15, 0.2) is 6.54 Å². The van der Waals surface area contributed by atoms with E-state index in [-0.39, 0.29) is 16.5 Å². The van der Waals surface area contributed by atoms with E-state index in [4.69, 9.17) is 0 Å². The summed E-state index contributed by atoms with van der Waals surface area (Å²) in [6, 6.07) is 12.6. The summed E-state index contributed by atoms with van der Waals surface area (Å²) in [5, 5.41) is 13.8. The average molecular weight is 369 g/mol. The zero-order valence-electron chi connectivity index (χ0n) is 15.7. The van der Waals surface area contributed by atoms with Gasteiger partial charge >= 0.3 is 0 Å². The van der Waals surface area contributed by atoms with E-state index in [1.807, 2.05) is 32.0 Å². The highest BCUT2D eigenvalue weighted by Crippen LogP contribution is 2.20. The Morgan fingerprint density at radius 1 is 1.11 bits per heavy atom. The van der Waals surface area contributed by atoms with E-state index in [0.717, 1.165) is 48.7 Å². The third-order valence-electron chi connectivity index (χ3n) is 5.05. The second kappa shape index (κ2) is 8.18. The smallest absolute Gasteiger partial charge is 0.279 e. The molecule has 1 heterocycles. The molecule has 0 radical (unpaired) electrons. The van der Waals surface area contributed by atoms with Crippen LogP contribution in [-0.2, 0) is 4.79 Å². The number of amides is 1. The summed E-state index contributed by atoms with van der Waals surface area (Å²) in [6.07, 6.45) is 0. The molecule has 1 amide bonds. The van der Waals surface area contributed by atoms with E-state index in [2.05, 4.69) is 10.2 Å². The number of carbonyl (C=O) groups excluding carboxylic acids is 1. The quantitative estimate of drug-likeness (QED) is 0.619. The number of nitro benzene ring substituents is 1. The molecule has 0 aliphatic carbocycles. The minimum atomic E-state index is -0.388. The Morgan fingerprint density at radius 3 is 2.26 bits per heavy atom. The lowest BCUT2D eigenvalue weighted by atomic mass is 10.1. The van der Waals surface area contributed by atoms with Crippen molar-refractivity contribution in [2.45, 2.75) is 13.8 Å². The number of nitrogens with zero attached hydrogens (tertiary/aromatic N) is 2. The van der Waals surface area contributed by atoms with Crippen LogP contribution in [0.5, 0.6) is 0 Å². The maximum absolute atomic E-state index is 12.4. The standard InChI is InChI=1S/C20H24N4O3/c1-15-4-3-5-16(2)20(15)21-19(25)14-22-10-12-23(13-11-22)17-6-8-18(9-7-17)24(26)27/h3-9H,10-14H2,1-2H3,(H,21,25)/p+1. The van der Waals surface area contributed by atoms with Crippen molar-refractivity contribution in [1.82, 2.24) is 0 Å². The first-order valence-corrected chi connectivity index (χ1v) is 9.13. The molecule has 0 saturated carbocycles. The first-order valence-electron chi connectivity index (χ1n) is 9.13. The Hall–Kier alpha value is -2.93. The summed E-state index contributed by atoms with van der Waals surface area (Å²) in [7, 11) is 0. The summed E-state index contributed by atoms with van der Waals surface area (Å²) < 4.78 is 0. The summed E-state index contributed by atoms with van der Waals surface area (Å²) >= 11 is 0. The zero-order chi connectivity index (χ0) is 19.4. The number of carbonyl (C=O) groups is 1. The average Bonchev–Trinajstić information content (AvgIpc) is 2.65. The van der Waals surface area contributed by atoms with E-state index in [1.165, 1.54) is 17.0 Å². The van der Waals surface area contributed by atoms with Gasteiger partial charge in [-0.1, -0.05) is 18.2 Å². The Kier molecular flexibility index (Phi) is 5.71. The number of rotatable bonds is 5. The molecule has 7 heteroatoms. The van der Waals surface area contributed by atoms with Crippen molar-refractivity contribution in [3.8, 4) is 0 Å². The van der Waals surface area contributed by atoms with Crippen LogP contribution in [0.4, 0.5) is 17.1 Å². The van der Waals surface area contributed by atoms with Gasteiger partial charge in [0.05, 0.1) is 31.1 Å². The monoisotopic (exact) mass is 369 g/mol. The fourth-order valence-corrected chi connectivity index (χ4v) is 3.47. The molecule has 3 rings (SSSR count). The molecule has 0 atom stereocenters. The first kappa shape index (κ1) is 18.8. The van der Waals surface area contributed by atoms with E-state index >= 15 is 0 Å². The van der Waals surface area contributed by atoms with Crippen LogP contribution in [0.1, 0.15) is 11.1 Å². The Bertz CT molecular complexity index is 807. The summed E-state index contributed by atoms with van der Waals surface area (Å²) in [5.41, 5.74) is 4.14. The number of anilines is 2. The molecule has 0 bridgehead atoms. The van der Waals surface area contributed by atoms with Gasteiger partial charge in [-0.3, -0.25) is 14.9 Å². The molecule has 2 N–H and O–H groups in total. The highest BCUT2D eigenvalue weighted by atomic mass is 16.6. The predicted molar refractivity (Wildman–Crippen MR) is 105 cm³/mol. The number of hydrogen-bond acceptors (Lipinski definition) is 4. The maximum Gasteiger partial charge on any atom is 0.279 e. The van der Waals surface area contributed by atoms with Crippen LogP contribution >= 0.6 is 0 Å². The molecular formula is C20H25N4O3+. The van der Waals surface area contributed by atoms with Gasteiger partial charge in [0, 0.05) is 23.5 Å². The first-order chi connectivity index (χ1) is 12.9. The van der Waals surface area contributed by atoms with Crippen molar-refractivity contribution in [3.05, 3.63) is 63.7 Å². The number of hydrogen-bond donors (Lipinski definition) is 2. The normalized spacial score (nSPS) is 14.8. The van der Waals surface area contributed by atoms with Crippen LogP contribution in [0.25, 0.3) is 0 Å². The Labute approximate surface area is 158 Å². The lowest BCUT2D eigenvalue weighted by molar-refractivity contribution is -0.892. The fourth-order valence-electron chi connectivity index (χ4n) is 3.47. The second-order valence-electron chi connectivity index (χ2n) is 7.00. The van der Waals surface area contributed by atoms with Crippen LogP contribution in [0.15, 0.2) is 42.5 Å². The molecule has 1 aliphatic heterocycles. The van der Waals surface area contributed by atoms with Crippen molar-refractivity contribution in [2.75, 3.05) is 42.9 Å². The third kappa shape index (κ3) is 4.62. The number of piperazine rings is 1. The molecular weight excluding hydrogens is 344 g/mol. The largest absolute Gasteiger partial charge is 0.360 e. The van der Waals surface area contributed by atoms with Gasteiger partial charge < -0.3 is 15.1 Å². The van der Waals surface area contributed by atoms with Crippen LogP contribution in [0.3, 0.4) is 0 Å². The number of para-hydroxylation sites is 1. The van der Waals surface area contributed by atoms with Gasteiger partial charge in [-0.05, 0) is 37.1 Å². The molecule has 0 spiro atoms. The van der Waals surface area contributed by atoms with Crippen LogP contribution in [0.2, 0.25) is 0 Å². The summed E-state index contributed by atoms with van der Waals surface area (Å²) in [4.78, 5) is 26.3. The van der Waals surface area contributed by atoms with Crippen LogP contribution in [-0.4, -0.2) is 43.6 Å². The van der Waals surface area contributed by atoms with Crippen molar-refractivity contribution in [3.63, 3.8) is 0 Å². The van der Waals surface area contributed by atoms with Gasteiger partial charge in [0.25, 0.3) is 11.6 Å². The number of benzene rings is 2. The van der Waals surface area contributed by atoms with Gasteiger partial charge in [0.1, 0.15) is 0 Å². The Balaban J connectivity index is 1.52. The molecule has 2 aromatic carbocycles. The topological polar surface area (TPSA) is 79.9 Å². The van der Waals surface area contributed by atoms with Crippen LogP contribution < -0.4 is 15.1 Å². The molecule has 27 heavy (non-hydrogen) atoms. The number of non-ortho nitro benzene ring substituents is 1. The lowest BCUT2D eigenvalue weighted by Gasteiger charge is -2.33. The SMILES string of the molecule is Cc1cccc(C)c1NC(=O)C[NH+]1CCN(c2ccc([N+](=O)[O-])cc2)CC1. The second-order valence-corrected chi connectivity index (χ2v) is 7.00. The molecule has 1 fully saturated rings. The lowest BCUT2D eigenvalue weighted by Crippen LogP contribution is -3.15. The highest BCUT2D eigenvalue weighted by Gasteiger charge is 2.23. The van der Waals surface area contributed by atoms with Crippen molar-refractivity contribution in [1.29, 1.82) is 0 Å². The van der Waals surface area contributed by atoms with Gasteiger partial charge in [-0.2, -0.15) is 0 Å². The van der Waals surface area contributed by atoms with Crippen molar-refractivity contribution >= 4 is 23.0 Å². The van der Waals surface area contributed by atoms with E-state index in [9.17, 15) is 14.9 Å². The predicted octanol–water partition coefficient (Wildman–Crippen LogP) is 1.56. The van der Waals surface area contributed by atoms with E-state index in [0.29, 0.717) is 6.54 Å². The number of quaternary nitrogens is 1. The highest BCUT2D eigenvalue weighted by molar-refractivity contribution is 5.93. The molecule has 2 aromatic rings. The summed E-state index contributed by atoms with van der Waals surface area (Å²) in [5.74, 6) is 0.0335. The van der Waals surface area contributed by atoms with Gasteiger partial charge in [0.2, 0.25) is 0 Å². The van der Waals surface area contributed by atoms with Crippen molar-refractivity contribution < 1.29 is 14.6 Å². The number of nitrogens with one attached hydrogen (secondary N) is 2. The van der Waals surface area contributed by atoms with Crippen LogP contribution in [0, 0.1) is 24.0 Å². The molecule has 142 valence electrons. The minimum Gasteiger partial charge on any atom is -0.360 e. The van der Waals surface area contributed by atoms with Crippen molar-refractivity contribution in [2.24, 2.45) is 0 Å². The molecule has 1 saturated heterocycles.